The summed E-state index contributed by atoms with van der Waals surface area (Å²) in [4.78, 5) is 15.1. The van der Waals surface area contributed by atoms with E-state index in [-0.39, 0.29) is 23.0 Å². The number of sulfone groups is 1. The Kier molecular flexibility index (Phi) is 4.88. The molecular weight excluding hydrogens is 417 g/mol. The van der Waals surface area contributed by atoms with Crippen LogP contribution in [0.2, 0.25) is 0 Å². The molecule has 0 radical (unpaired) electrons. The summed E-state index contributed by atoms with van der Waals surface area (Å²) in [5.41, 5.74) is 7.53. The van der Waals surface area contributed by atoms with E-state index < -0.39 is 27.5 Å². The van der Waals surface area contributed by atoms with Crippen LogP contribution in [0.1, 0.15) is 40.2 Å². The molecule has 1 aliphatic heterocycles. The van der Waals surface area contributed by atoms with E-state index in [1.807, 2.05) is 0 Å². The number of halogens is 3. The lowest BCUT2D eigenvalue weighted by molar-refractivity contribution is -0.137. The number of hydrogen-bond acceptors (Lipinski definition) is 3. The summed E-state index contributed by atoms with van der Waals surface area (Å²) < 4.78 is 62.1. The van der Waals surface area contributed by atoms with Crippen molar-refractivity contribution in [1.29, 1.82) is 0 Å². The van der Waals surface area contributed by atoms with Crippen LogP contribution in [-0.4, -0.2) is 30.8 Å². The van der Waals surface area contributed by atoms with Crippen LogP contribution >= 0.6 is 0 Å². The maximum atomic E-state index is 12.9. The Morgan fingerprint density at radius 1 is 1.03 bits per heavy atom. The van der Waals surface area contributed by atoms with Crippen molar-refractivity contribution in [3.05, 3.63) is 59.3 Å². The van der Waals surface area contributed by atoms with Crippen LogP contribution in [0.25, 0.3) is 22.0 Å². The van der Waals surface area contributed by atoms with E-state index in [1.54, 1.807) is 18.3 Å². The number of benzene rings is 2. The summed E-state index contributed by atoms with van der Waals surface area (Å²) in [5.74, 6) is -0.448. The molecule has 30 heavy (non-hydrogen) atoms. The zero-order valence-electron chi connectivity index (χ0n) is 15.8. The van der Waals surface area contributed by atoms with E-state index in [1.165, 1.54) is 12.1 Å². The number of nitrogens with one attached hydrogen (secondary N) is 1. The zero-order valence-corrected chi connectivity index (χ0v) is 16.6. The monoisotopic (exact) mass is 436 g/mol. The number of fused-ring (bicyclic) bond motifs is 1. The number of alkyl halides is 3. The van der Waals surface area contributed by atoms with E-state index in [0.29, 0.717) is 29.5 Å². The number of H-pyrrole nitrogens is 1. The van der Waals surface area contributed by atoms with E-state index in [0.717, 1.165) is 23.1 Å². The number of carbonyl (C=O) groups excluding carboxylic acids is 1. The van der Waals surface area contributed by atoms with Crippen LogP contribution in [0.15, 0.2) is 42.6 Å². The minimum atomic E-state index is -4.43. The highest BCUT2D eigenvalue weighted by atomic mass is 32.2. The molecule has 1 aliphatic rings. The van der Waals surface area contributed by atoms with E-state index in [9.17, 15) is 26.4 Å². The lowest BCUT2D eigenvalue weighted by Gasteiger charge is -2.21. The summed E-state index contributed by atoms with van der Waals surface area (Å²) in [5, 5.41) is 0.727. The van der Waals surface area contributed by atoms with Gasteiger partial charge in [0.25, 0.3) is 5.91 Å². The van der Waals surface area contributed by atoms with Gasteiger partial charge in [0, 0.05) is 11.6 Å². The van der Waals surface area contributed by atoms with Gasteiger partial charge in [-0.15, -0.1) is 0 Å². The van der Waals surface area contributed by atoms with Crippen LogP contribution in [0, 0.1) is 0 Å². The summed E-state index contributed by atoms with van der Waals surface area (Å²) in [7, 11) is -3.03. The molecule has 0 aliphatic carbocycles. The predicted molar refractivity (Wildman–Crippen MR) is 108 cm³/mol. The number of primary amides is 1. The van der Waals surface area contributed by atoms with Crippen LogP contribution in [-0.2, 0) is 16.0 Å². The fourth-order valence-corrected chi connectivity index (χ4v) is 5.50. The number of hydrogen-bond donors (Lipinski definition) is 2. The molecular formula is C21H19F3N2O3S. The molecule has 3 N–H and O–H groups in total. The second-order valence-corrected chi connectivity index (χ2v) is 9.86. The number of amides is 1. The lowest BCUT2D eigenvalue weighted by Crippen LogP contribution is -2.22. The Balaban J connectivity index is 1.81. The average molecular weight is 436 g/mol. The van der Waals surface area contributed by atoms with Gasteiger partial charge in [0.1, 0.15) is 9.84 Å². The quantitative estimate of drug-likeness (QED) is 0.643. The molecule has 1 aromatic heterocycles. The maximum Gasteiger partial charge on any atom is 0.416 e. The number of carbonyl (C=O) groups is 1. The normalized spacial score (nSPS) is 17.3. The molecule has 1 saturated heterocycles. The molecule has 0 atom stereocenters. The maximum absolute atomic E-state index is 12.9. The number of nitrogens with two attached hydrogens (primary N) is 1. The summed E-state index contributed by atoms with van der Waals surface area (Å²) in [6, 6.07) is 8.06. The molecule has 2 heterocycles. The number of aromatic nitrogens is 1. The van der Waals surface area contributed by atoms with Gasteiger partial charge in [-0.05, 0) is 59.7 Å². The third-order valence-electron chi connectivity index (χ3n) is 5.63. The van der Waals surface area contributed by atoms with Crippen molar-refractivity contribution in [3.8, 4) is 11.1 Å². The molecule has 158 valence electrons. The molecule has 0 unspecified atom stereocenters. The topological polar surface area (TPSA) is 93.0 Å². The van der Waals surface area contributed by atoms with Crippen molar-refractivity contribution in [3.63, 3.8) is 0 Å². The zero-order chi connectivity index (χ0) is 21.7. The van der Waals surface area contributed by atoms with Gasteiger partial charge < -0.3 is 10.7 Å². The minimum Gasteiger partial charge on any atom is -0.366 e. The third kappa shape index (κ3) is 3.81. The van der Waals surface area contributed by atoms with Crippen molar-refractivity contribution < 1.29 is 26.4 Å². The SMILES string of the molecule is NC(=O)c1cc(-c2ccc(C(F)(F)F)cc2)cc2c(C3CCS(=O)(=O)CC3)c[nH]c12. The van der Waals surface area contributed by atoms with Gasteiger partial charge in [-0.25, -0.2) is 8.42 Å². The van der Waals surface area contributed by atoms with Crippen molar-refractivity contribution in [2.45, 2.75) is 24.9 Å². The molecule has 1 fully saturated rings. The van der Waals surface area contributed by atoms with Crippen LogP contribution < -0.4 is 5.73 Å². The molecule has 0 bridgehead atoms. The summed E-state index contributed by atoms with van der Waals surface area (Å²) in [6.07, 6.45) is -1.72. The van der Waals surface area contributed by atoms with Crippen LogP contribution in [0.5, 0.6) is 0 Å². The molecule has 0 saturated carbocycles. The molecule has 0 spiro atoms. The minimum absolute atomic E-state index is 0.00542. The Hall–Kier alpha value is -2.81. The Morgan fingerprint density at radius 2 is 1.67 bits per heavy atom. The average Bonchev–Trinajstić information content (AvgIpc) is 3.10. The second kappa shape index (κ2) is 7.16. The van der Waals surface area contributed by atoms with Crippen molar-refractivity contribution in [2.75, 3.05) is 11.5 Å². The van der Waals surface area contributed by atoms with Crippen molar-refractivity contribution in [2.24, 2.45) is 5.73 Å². The Morgan fingerprint density at radius 3 is 2.23 bits per heavy atom. The first-order chi connectivity index (χ1) is 14.0. The van der Waals surface area contributed by atoms with Crippen molar-refractivity contribution >= 4 is 26.6 Å². The van der Waals surface area contributed by atoms with Crippen LogP contribution in [0.4, 0.5) is 13.2 Å². The largest absolute Gasteiger partial charge is 0.416 e. The third-order valence-corrected chi connectivity index (χ3v) is 7.34. The molecule has 5 nitrogen and oxygen atoms in total. The van der Waals surface area contributed by atoms with E-state index in [4.69, 9.17) is 5.73 Å². The highest BCUT2D eigenvalue weighted by Gasteiger charge is 2.30. The van der Waals surface area contributed by atoms with Gasteiger partial charge in [0.15, 0.2) is 0 Å². The predicted octanol–water partition coefficient (Wildman–Crippen LogP) is 4.24. The number of aromatic amines is 1. The Labute approximate surface area is 171 Å². The molecule has 1 amide bonds. The van der Waals surface area contributed by atoms with Gasteiger partial charge >= 0.3 is 6.18 Å². The van der Waals surface area contributed by atoms with Crippen LogP contribution in [0.3, 0.4) is 0 Å². The molecule has 9 heteroatoms. The fraction of sp³-hybridized carbons (Fsp3) is 0.286. The van der Waals surface area contributed by atoms with Crippen molar-refractivity contribution in [1.82, 2.24) is 4.98 Å². The van der Waals surface area contributed by atoms with E-state index >= 15 is 0 Å². The van der Waals surface area contributed by atoms with Gasteiger partial charge in [-0.2, -0.15) is 13.2 Å². The summed E-state index contributed by atoms with van der Waals surface area (Å²) >= 11 is 0. The summed E-state index contributed by atoms with van der Waals surface area (Å²) in [6.45, 7) is 0. The first-order valence-corrected chi connectivity index (χ1v) is 11.2. The highest BCUT2D eigenvalue weighted by molar-refractivity contribution is 7.91. The first kappa shape index (κ1) is 20.5. The van der Waals surface area contributed by atoms with E-state index in [2.05, 4.69) is 4.98 Å². The molecule has 3 aromatic rings. The number of rotatable bonds is 3. The van der Waals surface area contributed by atoms with Gasteiger partial charge in [-0.1, -0.05) is 12.1 Å². The molecule has 4 rings (SSSR count). The van der Waals surface area contributed by atoms with Gasteiger partial charge in [0.2, 0.25) is 0 Å². The lowest BCUT2D eigenvalue weighted by atomic mass is 9.90. The van der Waals surface area contributed by atoms with Gasteiger partial charge in [-0.3, -0.25) is 4.79 Å². The van der Waals surface area contributed by atoms with Gasteiger partial charge in [0.05, 0.1) is 28.1 Å². The molecule has 2 aromatic carbocycles. The first-order valence-electron chi connectivity index (χ1n) is 9.38. The smallest absolute Gasteiger partial charge is 0.366 e. The highest BCUT2D eigenvalue weighted by Crippen LogP contribution is 2.38. The fourth-order valence-electron chi connectivity index (χ4n) is 4.00. The second-order valence-electron chi connectivity index (χ2n) is 7.56. The standard InChI is InChI=1S/C21H19F3N2O3S/c22-21(23,24)15-3-1-12(2-4-15)14-9-16-18(13-5-7-30(28,29)8-6-13)11-26-19(16)17(10-14)20(25)27/h1-4,9-11,13,26H,5-8H2,(H2,25,27). The Bertz CT molecular complexity index is 1210.